The van der Waals surface area contributed by atoms with Crippen molar-refractivity contribution in [3.63, 3.8) is 0 Å². The van der Waals surface area contributed by atoms with Crippen molar-refractivity contribution in [1.82, 2.24) is 15.5 Å². The second-order valence-electron chi connectivity index (χ2n) is 5.31. The van der Waals surface area contributed by atoms with E-state index in [2.05, 4.69) is 27.4 Å². The van der Waals surface area contributed by atoms with Gasteiger partial charge in [-0.1, -0.05) is 29.3 Å². The highest BCUT2D eigenvalue weighted by molar-refractivity contribution is 14.0. The first-order valence-electron chi connectivity index (χ1n) is 7.95. The summed E-state index contributed by atoms with van der Waals surface area (Å²) < 4.78 is 5.35. The van der Waals surface area contributed by atoms with Gasteiger partial charge in [-0.15, -0.1) is 24.0 Å². The van der Waals surface area contributed by atoms with E-state index in [1.165, 1.54) is 0 Å². The van der Waals surface area contributed by atoms with Crippen molar-refractivity contribution >= 4 is 53.1 Å². The summed E-state index contributed by atoms with van der Waals surface area (Å²) in [4.78, 5) is 6.97. The summed E-state index contributed by atoms with van der Waals surface area (Å²) in [5.41, 5.74) is 0.960. The van der Waals surface area contributed by atoms with Crippen LogP contribution in [-0.2, 0) is 11.3 Å². The third kappa shape index (κ3) is 7.74. The van der Waals surface area contributed by atoms with E-state index in [0.717, 1.165) is 57.5 Å². The predicted octanol–water partition coefficient (Wildman–Crippen LogP) is 3.00. The molecule has 8 heteroatoms. The molecule has 1 heterocycles. The smallest absolute Gasteiger partial charge is 0.191 e. The van der Waals surface area contributed by atoms with E-state index in [1.807, 2.05) is 12.1 Å². The molecule has 1 saturated heterocycles. The zero-order valence-electron chi connectivity index (χ0n) is 13.9. The first-order valence-corrected chi connectivity index (χ1v) is 8.71. The number of hydrogen-bond acceptors (Lipinski definition) is 3. The van der Waals surface area contributed by atoms with Gasteiger partial charge >= 0.3 is 0 Å². The van der Waals surface area contributed by atoms with Crippen LogP contribution < -0.4 is 10.6 Å². The van der Waals surface area contributed by atoms with Gasteiger partial charge < -0.3 is 15.4 Å². The highest BCUT2D eigenvalue weighted by Gasteiger charge is 2.09. The van der Waals surface area contributed by atoms with Crippen molar-refractivity contribution in [3.05, 3.63) is 33.8 Å². The first kappa shape index (κ1) is 21.8. The third-order valence-corrected chi connectivity index (χ3v) is 4.18. The average Bonchev–Trinajstić information content (AvgIpc) is 2.55. The maximum Gasteiger partial charge on any atom is 0.191 e. The molecule has 0 aliphatic carbocycles. The average molecular weight is 487 g/mol. The molecule has 0 bridgehead atoms. The molecule has 24 heavy (non-hydrogen) atoms. The number of aliphatic imine (C=N–C) groups is 1. The predicted molar refractivity (Wildman–Crippen MR) is 112 cm³/mol. The molecule has 5 nitrogen and oxygen atoms in total. The lowest BCUT2D eigenvalue weighted by molar-refractivity contribution is 0.0389. The molecule has 1 aliphatic rings. The number of halogens is 3. The van der Waals surface area contributed by atoms with Crippen LogP contribution in [0, 0.1) is 0 Å². The summed E-state index contributed by atoms with van der Waals surface area (Å²) in [6.45, 7) is 8.85. The van der Waals surface area contributed by atoms with E-state index in [0.29, 0.717) is 16.6 Å². The monoisotopic (exact) mass is 486 g/mol. The Kier molecular flexibility index (Phi) is 11.0. The van der Waals surface area contributed by atoms with Crippen molar-refractivity contribution in [1.29, 1.82) is 0 Å². The lowest BCUT2D eigenvalue weighted by Crippen LogP contribution is -2.44. The van der Waals surface area contributed by atoms with Gasteiger partial charge in [0.15, 0.2) is 5.96 Å². The fourth-order valence-electron chi connectivity index (χ4n) is 2.31. The van der Waals surface area contributed by atoms with Gasteiger partial charge in [0.2, 0.25) is 0 Å². The van der Waals surface area contributed by atoms with Crippen LogP contribution >= 0.6 is 47.2 Å². The number of guanidine groups is 1. The fraction of sp³-hybridized carbons (Fsp3) is 0.562. The molecule has 0 atom stereocenters. The summed E-state index contributed by atoms with van der Waals surface area (Å²) in [5, 5.41) is 7.89. The Morgan fingerprint density at radius 3 is 2.67 bits per heavy atom. The van der Waals surface area contributed by atoms with Crippen LogP contribution in [-0.4, -0.2) is 56.8 Å². The van der Waals surface area contributed by atoms with E-state index in [4.69, 9.17) is 27.9 Å². The lowest BCUT2D eigenvalue weighted by Gasteiger charge is -2.26. The van der Waals surface area contributed by atoms with Gasteiger partial charge in [0.05, 0.1) is 19.8 Å². The topological polar surface area (TPSA) is 48.9 Å². The Hall–Kier alpha value is -0.280. The Bertz CT molecular complexity index is 525. The molecular weight excluding hydrogens is 462 g/mol. The lowest BCUT2D eigenvalue weighted by atomic mass is 10.2. The van der Waals surface area contributed by atoms with Crippen molar-refractivity contribution < 1.29 is 4.74 Å². The zero-order valence-corrected chi connectivity index (χ0v) is 17.7. The van der Waals surface area contributed by atoms with Crippen LogP contribution in [0.3, 0.4) is 0 Å². The molecule has 0 spiro atoms. The molecule has 0 unspecified atom stereocenters. The molecule has 1 aliphatic heterocycles. The largest absolute Gasteiger partial charge is 0.379 e. The van der Waals surface area contributed by atoms with Crippen molar-refractivity contribution in [2.45, 2.75) is 13.5 Å². The normalized spacial score (nSPS) is 15.7. The molecule has 1 aromatic carbocycles. The minimum absolute atomic E-state index is 0. The Balaban J connectivity index is 0.00000288. The van der Waals surface area contributed by atoms with E-state index in [-0.39, 0.29) is 24.0 Å². The number of rotatable bonds is 6. The molecule has 1 aromatic rings. The summed E-state index contributed by atoms with van der Waals surface area (Å²) in [7, 11) is 0. The van der Waals surface area contributed by atoms with Crippen molar-refractivity contribution in [3.8, 4) is 0 Å². The Morgan fingerprint density at radius 2 is 2.00 bits per heavy atom. The number of benzene rings is 1. The highest BCUT2D eigenvalue weighted by atomic mass is 127. The summed E-state index contributed by atoms with van der Waals surface area (Å²) in [5.74, 6) is 0.798. The molecule has 136 valence electrons. The van der Waals surface area contributed by atoms with Crippen LogP contribution in [0.5, 0.6) is 0 Å². The minimum atomic E-state index is 0. The number of nitrogens with zero attached hydrogens (tertiary/aromatic N) is 2. The van der Waals surface area contributed by atoms with Crippen molar-refractivity contribution in [2.24, 2.45) is 4.99 Å². The van der Waals surface area contributed by atoms with Gasteiger partial charge in [0.1, 0.15) is 0 Å². The molecule has 1 fully saturated rings. The quantitative estimate of drug-likeness (QED) is 0.368. The maximum atomic E-state index is 6.18. The number of nitrogens with one attached hydrogen (secondary N) is 2. The number of ether oxygens (including phenoxy) is 1. The Morgan fingerprint density at radius 1 is 1.25 bits per heavy atom. The van der Waals surface area contributed by atoms with E-state index >= 15 is 0 Å². The maximum absolute atomic E-state index is 6.18. The highest BCUT2D eigenvalue weighted by Crippen LogP contribution is 2.21. The van der Waals surface area contributed by atoms with Crippen LogP contribution in [0.1, 0.15) is 12.5 Å². The van der Waals surface area contributed by atoms with Gasteiger partial charge in [0, 0.05) is 42.8 Å². The second-order valence-corrected chi connectivity index (χ2v) is 6.16. The summed E-state index contributed by atoms with van der Waals surface area (Å²) >= 11 is 12.1. The van der Waals surface area contributed by atoms with Crippen molar-refractivity contribution in [2.75, 3.05) is 45.9 Å². The van der Waals surface area contributed by atoms with Crippen LogP contribution in [0.4, 0.5) is 0 Å². The van der Waals surface area contributed by atoms with Gasteiger partial charge in [-0.25, -0.2) is 4.99 Å². The zero-order chi connectivity index (χ0) is 16.5. The second kappa shape index (κ2) is 12.1. The molecule has 2 rings (SSSR count). The van der Waals surface area contributed by atoms with Crippen LogP contribution in [0.2, 0.25) is 10.0 Å². The molecule has 0 aromatic heterocycles. The van der Waals surface area contributed by atoms with E-state index < -0.39 is 0 Å². The molecule has 0 amide bonds. The van der Waals surface area contributed by atoms with Gasteiger partial charge in [-0.2, -0.15) is 0 Å². The molecular formula is C16H25Cl2IN4O. The number of hydrogen-bond donors (Lipinski definition) is 2. The van der Waals surface area contributed by atoms with Crippen LogP contribution in [0.25, 0.3) is 0 Å². The molecule has 2 N–H and O–H groups in total. The molecule has 0 saturated carbocycles. The standard InChI is InChI=1S/C16H24Cl2N4O.HI/c1-2-19-16(20-5-6-22-7-9-23-10-8-22)21-12-13-3-4-14(17)11-15(13)18;/h3-4,11H,2,5-10,12H2,1H3,(H2,19,20,21);1H. The van der Waals surface area contributed by atoms with E-state index in [9.17, 15) is 0 Å². The summed E-state index contributed by atoms with van der Waals surface area (Å²) in [6, 6.07) is 5.48. The SMILES string of the molecule is CCNC(=NCc1ccc(Cl)cc1Cl)NCCN1CCOCC1.I. The third-order valence-electron chi connectivity index (χ3n) is 3.59. The summed E-state index contributed by atoms with van der Waals surface area (Å²) in [6.07, 6.45) is 0. The fourth-order valence-corrected chi connectivity index (χ4v) is 2.78. The first-order chi connectivity index (χ1) is 11.2. The Labute approximate surface area is 171 Å². The van der Waals surface area contributed by atoms with Gasteiger partial charge in [0.25, 0.3) is 0 Å². The minimum Gasteiger partial charge on any atom is -0.379 e. The van der Waals surface area contributed by atoms with E-state index in [1.54, 1.807) is 6.07 Å². The van der Waals surface area contributed by atoms with Gasteiger partial charge in [-0.05, 0) is 24.6 Å². The van der Waals surface area contributed by atoms with Crippen LogP contribution in [0.15, 0.2) is 23.2 Å². The van der Waals surface area contributed by atoms with Gasteiger partial charge in [-0.3, -0.25) is 4.90 Å². The molecule has 0 radical (unpaired) electrons. The number of morpholine rings is 1.